The second kappa shape index (κ2) is 7.38. The Labute approximate surface area is 138 Å². The molecule has 0 atom stereocenters. The van der Waals surface area contributed by atoms with Crippen LogP contribution in [0, 0.1) is 0 Å². The summed E-state index contributed by atoms with van der Waals surface area (Å²) in [4.78, 5) is 24.5. The largest absolute Gasteiger partial charge is 0.550 e. The van der Waals surface area contributed by atoms with E-state index in [4.69, 9.17) is 12.2 Å². The van der Waals surface area contributed by atoms with Crippen LogP contribution in [0.25, 0.3) is 6.08 Å². The molecular formula is C16H14NO3S2-. The van der Waals surface area contributed by atoms with Gasteiger partial charge >= 0.3 is 0 Å². The predicted molar refractivity (Wildman–Crippen MR) is 89.7 cm³/mol. The molecule has 0 aliphatic carbocycles. The first-order chi connectivity index (χ1) is 10.5. The Balaban J connectivity index is 2.12. The molecule has 0 bridgehead atoms. The van der Waals surface area contributed by atoms with Gasteiger partial charge in [0, 0.05) is 18.9 Å². The molecule has 1 aliphatic heterocycles. The summed E-state index contributed by atoms with van der Waals surface area (Å²) >= 11 is 6.31. The second-order valence-corrected chi connectivity index (χ2v) is 6.43. The smallest absolute Gasteiger partial charge is 0.266 e. The molecule has 0 aromatic heterocycles. The summed E-state index contributed by atoms with van der Waals surface area (Å²) in [6, 6.07) is 9.77. The second-order valence-electron chi connectivity index (χ2n) is 4.75. The molecule has 0 spiro atoms. The van der Waals surface area contributed by atoms with Crippen molar-refractivity contribution in [3.05, 3.63) is 52.4 Å². The van der Waals surface area contributed by atoms with Crippen LogP contribution in [-0.4, -0.2) is 27.6 Å². The normalized spacial score (nSPS) is 17.4. The number of carboxylic acid groups (broad SMARTS) is 1. The molecule has 1 amide bonds. The van der Waals surface area contributed by atoms with Crippen LogP contribution in [0.5, 0.6) is 0 Å². The molecule has 0 saturated carbocycles. The lowest BCUT2D eigenvalue weighted by atomic mass is 10.1. The van der Waals surface area contributed by atoms with Crippen LogP contribution in [-0.2, 0) is 9.59 Å². The Morgan fingerprint density at radius 1 is 1.36 bits per heavy atom. The van der Waals surface area contributed by atoms with Crippen molar-refractivity contribution in [1.29, 1.82) is 0 Å². The van der Waals surface area contributed by atoms with Gasteiger partial charge < -0.3 is 9.90 Å². The highest BCUT2D eigenvalue weighted by atomic mass is 32.2. The number of allylic oxidation sites excluding steroid dienone is 2. The standard InChI is InChI=1S/C16H15NO3S2/c1-11(9-12-5-3-2-4-6-12)10-13-15(20)17(16(21)22-13)8-7-14(18)19/h2-6,9-10H,7-8H2,1H3,(H,18,19)/p-1/b11-9-,13-10-. The van der Waals surface area contributed by atoms with Crippen LogP contribution in [0.2, 0.25) is 0 Å². The van der Waals surface area contributed by atoms with E-state index in [1.54, 1.807) is 6.08 Å². The lowest BCUT2D eigenvalue weighted by molar-refractivity contribution is -0.305. The number of aliphatic carboxylic acids is 1. The quantitative estimate of drug-likeness (QED) is 0.609. The molecule has 1 aromatic carbocycles. The van der Waals surface area contributed by atoms with Crippen molar-refractivity contribution >= 4 is 46.3 Å². The van der Waals surface area contributed by atoms with E-state index in [0.29, 0.717) is 9.23 Å². The maximum absolute atomic E-state index is 12.2. The molecule has 114 valence electrons. The van der Waals surface area contributed by atoms with E-state index in [0.717, 1.165) is 11.1 Å². The first kappa shape index (κ1) is 16.5. The Hall–Kier alpha value is -1.92. The Morgan fingerprint density at radius 3 is 2.68 bits per heavy atom. The van der Waals surface area contributed by atoms with Crippen molar-refractivity contribution in [1.82, 2.24) is 4.90 Å². The van der Waals surface area contributed by atoms with Gasteiger partial charge in [-0.15, -0.1) is 0 Å². The summed E-state index contributed by atoms with van der Waals surface area (Å²) in [5.74, 6) is -1.45. The monoisotopic (exact) mass is 332 g/mol. The number of carbonyl (C=O) groups is 2. The van der Waals surface area contributed by atoms with Gasteiger partial charge in [-0.25, -0.2) is 0 Å². The van der Waals surface area contributed by atoms with Gasteiger partial charge in [-0.1, -0.05) is 60.4 Å². The molecule has 22 heavy (non-hydrogen) atoms. The molecule has 1 aromatic rings. The first-order valence-corrected chi connectivity index (χ1v) is 7.88. The Bertz CT molecular complexity index is 665. The van der Waals surface area contributed by atoms with E-state index in [-0.39, 0.29) is 18.9 Å². The van der Waals surface area contributed by atoms with Crippen LogP contribution in [0.3, 0.4) is 0 Å². The highest BCUT2D eigenvalue weighted by molar-refractivity contribution is 8.26. The maximum Gasteiger partial charge on any atom is 0.266 e. The molecule has 6 heteroatoms. The summed E-state index contributed by atoms with van der Waals surface area (Å²) in [7, 11) is 0. The third kappa shape index (κ3) is 4.29. The summed E-state index contributed by atoms with van der Waals surface area (Å²) < 4.78 is 0.380. The number of thiocarbonyl (C=S) groups is 1. The maximum atomic E-state index is 12.2. The van der Waals surface area contributed by atoms with E-state index in [2.05, 4.69) is 0 Å². The minimum absolute atomic E-state index is 0.0474. The van der Waals surface area contributed by atoms with Crippen molar-refractivity contribution < 1.29 is 14.7 Å². The lowest BCUT2D eigenvalue weighted by Crippen LogP contribution is -2.33. The minimum Gasteiger partial charge on any atom is -0.550 e. The minimum atomic E-state index is -1.20. The lowest BCUT2D eigenvalue weighted by Gasteiger charge is -2.14. The molecule has 0 N–H and O–H groups in total. The summed E-state index contributed by atoms with van der Waals surface area (Å²) in [6.07, 6.45) is 3.51. The average Bonchev–Trinajstić information content (AvgIpc) is 2.72. The molecule has 0 unspecified atom stereocenters. The van der Waals surface area contributed by atoms with E-state index in [1.165, 1.54) is 16.7 Å². The van der Waals surface area contributed by atoms with E-state index < -0.39 is 5.97 Å². The summed E-state index contributed by atoms with van der Waals surface area (Å²) in [5, 5.41) is 10.5. The predicted octanol–water partition coefficient (Wildman–Crippen LogP) is 1.97. The SMILES string of the molecule is CC(=C/c1ccccc1)/C=C1\SC(=S)N(CCC(=O)[O-])C1=O. The summed E-state index contributed by atoms with van der Waals surface area (Å²) in [6.45, 7) is 1.95. The number of nitrogens with zero attached hydrogens (tertiary/aromatic N) is 1. The van der Waals surface area contributed by atoms with E-state index >= 15 is 0 Å². The molecule has 0 radical (unpaired) electrons. The molecule has 1 heterocycles. The van der Waals surface area contributed by atoms with Crippen LogP contribution in [0.1, 0.15) is 18.9 Å². The van der Waals surface area contributed by atoms with Gasteiger partial charge in [0.05, 0.1) is 4.91 Å². The third-order valence-corrected chi connectivity index (χ3v) is 4.34. The Morgan fingerprint density at radius 2 is 2.05 bits per heavy atom. The zero-order chi connectivity index (χ0) is 16.1. The topological polar surface area (TPSA) is 60.4 Å². The molecule has 1 saturated heterocycles. The fraction of sp³-hybridized carbons (Fsp3) is 0.188. The molecule has 1 fully saturated rings. The van der Waals surface area contributed by atoms with Crippen LogP contribution >= 0.6 is 24.0 Å². The van der Waals surface area contributed by atoms with Crippen LogP contribution < -0.4 is 5.11 Å². The average molecular weight is 332 g/mol. The first-order valence-electron chi connectivity index (χ1n) is 6.66. The molecule has 4 nitrogen and oxygen atoms in total. The van der Waals surface area contributed by atoms with Crippen molar-refractivity contribution in [2.24, 2.45) is 0 Å². The van der Waals surface area contributed by atoms with Gasteiger partial charge in [-0.2, -0.15) is 0 Å². The van der Waals surface area contributed by atoms with Gasteiger partial charge in [0.25, 0.3) is 5.91 Å². The highest BCUT2D eigenvalue weighted by Gasteiger charge is 2.31. The Kier molecular flexibility index (Phi) is 5.51. The van der Waals surface area contributed by atoms with Gasteiger partial charge in [0.2, 0.25) is 0 Å². The van der Waals surface area contributed by atoms with Crippen LogP contribution in [0.4, 0.5) is 0 Å². The molecule has 1 aliphatic rings. The van der Waals surface area contributed by atoms with Gasteiger partial charge in [0.1, 0.15) is 4.32 Å². The zero-order valence-electron chi connectivity index (χ0n) is 11.9. The number of hydrogen-bond donors (Lipinski definition) is 0. The van der Waals surface area contributed by atoms with Crippen molar-refractivity contribution in [3.63, 3.8) is 0 Å². The molecule has 2 rings (SSSR count). The van der Waals surface area contributed by atoms with Crippen molar-refractivity contribution in [2.75, 3.05) is 6.54 Å². The number of thioether (sulfide) groups is 1. The van der Waals surface area contributed by atoms with E-state index in [1.807, 2.05) is 43.3 Å². The van der Waals surface area contributed by atoms with E-state index in [9.17, 15) is 14.7 Å². The third-order valence-electron chi connectivity index (χ3n) is 2.97. The number of rotatable bonds is 5. The fourth-order valence-electron chi connectivity index (χ4n) is 1.96. The highest BCUT2D eigenvalue weighted by Crippen LogP contribution is 2.32. The van der Waals surface area contributed by atoms with Crippen molar-refractivity contribution in [2.45, 2.75) is 13.3 Å². The van der Waals surface area contributed by atoms with Gasteiger partial charge in [-0.3, -0.25) is 9.69 Å². The number of hydrogen-bond acceptors (Lipinski definition) is 5. The number of carbonyl (C=O) groups excluding carboxylic acids is 2. The van der Waals surface area contributed by atoms with Gasteiger partial charge in [-0.05, 0) is 24.1 Å². The fourth-order valence-corrected chi connectivity index (χ4v) is 3.31. The zero-order valence-corrected chi connectivity index (χ0v) is 13.6. The van der Waals surface area contributed by atoms with Crippen LogP contribution in [0.15, 0.2) is 46.9 Å². The number of amides is 1. The number of benzene rings is 1. The van der Waals surface area contributed by atoms with Crippen molar-refractivity contribution in [3.8, 4) is 0 Å². The molecular weight excluding hydrogens is 318 g/mol. The summed E-state index contributed by atoms with van der Waals surface area (Å²) in [5.41, 5.74) is 1.97. The number of carboxylic acids is 1. The van der Waals surface area contributed by atoms with Gasteiger partial charge in [0.15, 0.2) is 0 Å².